The third-order valence-corrected chi connectivity index (χ3v) is 1.79. The normalized spacial score (nSPS) is 13.0. The molecule has 0 fully saturated rings. The van der Waals surface area contributed by atoms with E-state index < -0.39 is 0 Å². The largest absolute Gasteiger partial charge is 0.328 e. The maximum atomic E-state index is 13.0. The van der Waals surface area contributed by atoms with E-state index in [1.165, 1.54) is 0 Å². The zero-order chi connectivity index (χ0) is 9.14. The van der Waals surface area contributed by atoms with Gasteiger partial charge in [-0.15, -0.1) is 0 Å². The first-order valence-electron chi connectivity index (χ1n) is 4.10. The highest BCUT2D eigenvalue weighted by Crippen LogP contribution is 2.10. The summed E-state index contributed by atoms with van der Waals surface area (Å²) in [4.78, 5) is 0. The molecule has 12 heavy (non-hydrogen) atoms. The zero-order valence-electron chi connectivity index (χ0n) is 7.47. The molecule has 1 rings (SSSR count). The van der Waals surface area contributed by atoms with E-state index in [0.717, 1.165) is 12.0 Å². The molecule has 66 valence electrons. The highest BCUT2D eigenvalue weighted by Gasteiger charge is 2.01. The van der Waals surface area contributed by atoms with E-state index in [1.807, 2.05) is 13.0 Å². The van der Waals surface area contributed by atoms with E-state index in [1.54, 1.807) is 19.1 Å². The Balaban J connectivity index is 2.82. The van der Waals surface area contributed by atoms with Gasteiger partial charge in [-0.2, -0.15) is 0 Å². The molecule has 0 heterocycles. The monoisotopic (exact) mass is 167 g/mol. The lowest BCUT2D eigenvalue weighted by Gasteiger charge is -2.05. The summed E-state index contributed by atoms with van der Waals surface area (Å²) >= 11 is 0. The van der Waals surface area contributed by atoms with E-state index in [-0.39, 0.29) is 11.9 Å². The average Bonchev–Trinajstić information content (AvgIpc) is 1.96. The quantitative estimate of drug-likeness (QED) is 0.716. The Morgan fingerprint density at radius 3 is 2.67 bits per heavy atom. The fraction of sp³-hybridized carbons (Fsp3) is 0.400. The van der Waals surface area contributed by atoms with Gasteiger partial charge in [-0.1, -0.05) is 12.1 Å². The van der Waals surface area contributed by atoms with Crippen LogP contribution in [-0.2, 0) is 6.42 Å². The second-order valence-electron chi connectivity index (χ2n) is 3.26. The number of nitrogens with two attached hydrogens (primary N) is 1. The molecule has 2 heteroatoms. The molecule has 0 bridgehead atoms. The topological polar surface area (TPSA) is 26.0 Å². The van der Waals surface area contributed by atoms with Crippen LogP contribution in [0.25, 0.3) is 0 Å². The molecular formula is C10H14FN. The molecule has 0 amide bonds. The number of rotatable bonds is 2. The van der Waals surface area contributed by atoms with Crippen LogP contribution in [0, 0.1) is 12.7 Å². The van der Waals surface area contributed by atoms with E-state index in [0.29, 0.717) is 5.56 Å². The van der Waals surface area contributed by atoms with Crippen LogP contribution >= 0.6 is 0 Å². The number of halogens is 1. The molecule has 0 spiro atoms. The smallest absolute Gasteiger partial charge is 0.126 e. The molecule has 0 aliphatic carbocycles. The lowest BCUT2D eigenvalue weighted by atomic mass is 10.1. The number of hydrogen-bond donors (Lipinski definition) is 1. The van der Waals surface area contributed by atoms with Gasteiger partial charge in [0.2, 0.25) is 0 Å². The summed E-state index contributed by atoms with van der Waals surface area (Å²) in [5.74, 6) is -0.145. The molecule has 0 saturated carbocycles. The first kappa shape index (κ1) is 9.20. The Bertz CT molecular complexity index is 269. The summed E-state index contributed by atoms with van der Waals surface area (Å²) < 4.78 is 13.0. The predicted molar refractivity (Wildman–Crippen MR) is 48.5 cm³/mol. The van der Waals surface area contributed by atoms with Gasteiger partial charge in [0.25, 0.3) is 0 Å². The van der Waals surface area contributed by atoms with Crippen LogP contribution in [0.3, 0.4) is 0 Å². The molecule has 1 atom stereocenters. The van der Waals surface area contributed by atoms with E-state index in [9.17, 15) is 4.39 Å². The Hall–Kier alpha value is -0.890. The standard InChI is InChI=1S/C10H14FN/c1-7-3-4-9(5-8(2)12)6-10(7)11/h3-4,6,8H,5,12H2,1-2H3/t8-/m1/s1. The van der Waals surface area contributed by atoms with E-state index >= 15 is 0 Å². The molecule has 0 aliphatic heterocycles. The Morgan fingerprint density at radius 1 is 1.50 bits per heavy atom. The second-order valence-corrected chi connectivity index (χ2v) is 3.26. The van der Waals surface area contributed by atoms with Crippen molar-refractivity contribution in [2.24, 2.45) is 5.73 Å². The lowest BCUT2D eigenvalue weighted by molar-refractivity contribution is 0.613. The SMILES string of the molecule is Cc1ccc(C[C@@H](C)N)cc1F. The summed E-state index contributed by atoms with van der Waals surface area (Å²) in [7, 11) is 0. The molecule has 1 aromatic rings. The van der Waals surface area contributed by atoms with Crippen molar-refractivity contribution in [3.63, 3.8) is 0 Å². The van der Waals surface area contributed by atoms with E-state index in [2.05, 4.69) is 0 Å². The Labute approximate surface area is 72.4 Å². The molecule has 0 unspecified atom stereocenters. The minimum atomic E-state index is -0.145. The lowest BCUT2D eigenvalue weighted by Crippen LogP contribution is -2.17. The van der Waals surface area contributed by atoms with Gasteiger partial charge in [0.15, 0.2) is 0 Å². The van der Waals surface area contributed by atoms with Crippen molar-refractivity contribution >= 4 is 0 Å². The summed E-state index contributed by atoms with van der Waals surface area (Å²) in [5, 5.41) is 0. The van der Waals surface area contributed by atoms with Crippen LogP contribution in [0.5, 0.6) is 0 Å². The fourth-order valence-electron chi connectivity index (χ4n) is 1.14. The van der Waals surface area contributed by atoms with Crippen molar-refractivity contribution in [2.75, 3.05) is 0 Å². The second kappa shape index (κ2) is 3.68. The van der Waals surface area contributed by atoms with Crippen LogP contribution in [0.1, 0.15) is 18.1 Å². The van der Waals surface area contributed by atoms with Crippen molar-refractivity contribution in [2.45, 2.75) is 26.3 Å². The maximum Gasteiger partial charge on any atom is 0.126 e. The van der Waals surface area contributed by atoms with Crippen molar-refractivity contribution in [1.82, 2.24) is 0 Å². The molecule has 0 saturated heterocycles. The highest BCUT2D eigenvalue weighted by molar-refractivity contribution is 5.23. The van der Waals surface area contributed by atoms with Crippen LogP contribution in [-0.4, -0.2) is 6.04 Å². The molecular weight excluding hydrogens is 153 g/mol. The summed E-state index contributed by atoms with van der Waals surface area (Å²) in [6, 6.07) is 5.35. The Morgan fingerprint density at radius 2 is 2.17 bits per heavy atom. The third kappa shape index (κ3) is 2.31. The molecule has 0 aromatic heterocycles. The zero-order valence-corrected chi connectivity index (χ0v) is 7.47. The van der Waals surface area contributed by atoms with Crippen molar-refractivity contribution < 1.29 is 4.39 Å². The van der Waals surface area contributed by atoms with Crippen molar-refractivity contribution in [3.05, 3.63) is 35.1 Å². The summed E-state index contributed by atoms with van der Waals surface area (Å²) in [5.41, 5.74) is 7.24. The average molecular weight is 167 g/mol. The van der Waals surface area contributed by atoms with Gasteiger partial charge in [-0.05, 0) is 37.5 Å². The van der Waals surface area contributed by atoms with Crippen LogP contribution < -0.4 is 5.73 Å². The van der Waals surface area contributed by atoms with Crippen LogP contribution in [0.2, 0.25) is 0 Å². The molecule has 1 aromatic carbocycles. The van der Waals surface area contributed by atoms with Gasteiger partial charge < -0.3 is 5.73 Å². The predicted octanol–water partition coefficient (Wildman–Crippen LogP) is 2.02. The number of hydrogen-bond acceptors (Lipinski definition) is 1. The summed E-state index contributed by atoms with van der Waals surface area (Å²) in [6.07, 6.45) is 0.733. The van der Waals surface area contributed by atoms with Gasteiger partial charge in [0.1, 0.15) is 5.82 Å². The number of aryl methyl sites for hydroxylation is 1. The first-order valence-corrected chi connectivity index (χ1v) is 4.10. The van der Waals surface area contributed by atoms with Gasteiger partial charge in [0, 0.05) is 6.04 Å². The Kier molecular flexibility index (Phi) is 2.82. The van der Waals surface area contributed by atoms with Gasteiger partial charge in [-0.3, -0.25) is 0 Å². The van der Waals surface area contributed by atoms with Gasteiger partial charge in [-0.25, -0.2) is 4.39 Å². The van der Waals surface area contributed by atoms with Crippen LogP contribution in [0.4, 0.5) is 4.39 Å². The van der Waals surface area contributed by atoms with Gasteiger partial charge >= 0.3 is 0 Å². The third-order valence-electron chi connectivity index (χ3n) is 1.79. The van der Waals surface area contributed by atoms with Crippen LogP contribution in [0.15, 0.2) is 18.2 Å². The molecule has 2 N–H and O–H groups in total. The fourth-order valence-corrected chi connectivity index (χ4v) is 1.14. The minimum Gasteiger partial charge on any atom is -0.328 e. The van der Waals surface area contributed by atoms with E-state index in [4.69, 9.17) is 5.73 Å². The molecule has 0 radical (unpaired) electrons. The molecule has 0 aliphatic rings. The number of benzene rings is 1. The molecule has 1 nitrogen and oxygen atoms in total. The van der Waals surface area contributed by atoms with Gasteiger partial charge in [0.05, 0.1) is 0 Å². The maximum absolute atomic E-state index is 13.0. The van der Waals surface area contributed by atoms with Crippen molar-refractivity contribution in [1.29, 1.82) is 0 Å². The first-order chi connectivity index (χ1) is 5.59. The van der Waals surface area contributed by atoms with Crippen molar-refractivity contribution in [3.8, 4) is 0 Å². The minimum absolute atomic E-state index is 0.0899. The highest BCUT2D eigenvalue weighted by atomic mass is 19.1. The summed E-state index contributed by atoms with van der Waals surface area (Å²) in [6.45, 7) is 3.67.